The number of ether oxygens (including phenoxy) is 1. The summed E-state index contributed by atoms with van der Waals surface area (Å²) in [5, 5.41) is 2.13. The molecule has 0 atom stereocenters. The molecule has 0 unspecified atom stereocenters. The second-order valence-corrected chi connectivity index (χ2v) is 6.90. The van der Waals surface area contributed by atoms with Crippen molar-refractivity contribution in [3.8, 4) is 5.75 Å². The number of piperidine rings is 1. The maximum Gasteiger partial charge on any atom is 0.263 e. The fourth-order valence-electron chi connectivity index (χ4n) is 3.14. The van der Waals surface area contributed by atoms with Gasteiger partial charge in [-0.2, -0.15) is 0 Å². The summed E-state index contributed by atoms with van der Waals surface area (Å²) in [7, 11) is 1.95. The summed E-state index contributed by atoms with van der Waals surface area (Å²) in [4.78, 5) is 26.7. The minimum Gasteiger partial charge on any atom is -0.486 e. The predicted molar refractivity (Wildman–Crippen MR) is 111 cm³/mol. The number of carbonyl (C=O) groups excluding carboxylic acids is 2. The number of nitrogens with one attached hydrogen (secondary N) is 1. The van der Waals surface area contributed by atoms with Crippen LogP contribution in [0.3, 0.4) is 0 Å². The monoisotopic (exact) mass is 418 g/mol. The van der Waals surface area contributed by atoms with Crippen molar-refractivity contribution >= 4 is 11.8 Å². The molecule has 162 valence electrons. The van der Waals surface area contributed by atoms with Crippen LogP contribution >= 0.6 is 0 Å². The summed E-state index contributed by atoms with van der Waals surface area (Å²) < 4.78 is 34.2. The van der Waals surface area contributed by atoms with Crippen LogP contribution in [0.4, 0.5) is 8.78 Å². The number of likely N-dealkylation sites (tertiary alicyclic amines) is 1. The molecule has 0 spiro atoms. The SMILES string of the molecule is CC.CN1CCC(C(=O)NC(=O)c2c(F)ccc(OCc3ccccc3)c2F)CC1. The molecule has 1 fully saturated rings. The average molecular weight is 418 g/mol. The lowest BCUT2D eigenvalue weighted by atomic mass is 9.96. The van der Waals surface area contributed by atoms with Gasteiger partial charge in [-0.15, -0.1) is 0 Å². The normalized spacial score (nSPS) is 14.4. The summed E-state index contributed by atoms with van der Waals surface area (Å²) in [6, 6.07) is 11.2. The number of nitrogens with zero attached hydrogens (tertiary/aromatic N) is 1. The Bertz CT molecular complexity index is 851. The fourth-order valence-corrected chi connectivity index (χ4v) is 3.14. The van der Waals surface area contributed by atoms with Crippen molar-refractivity contribution in [1.29, 1.82) is 0 Å². The Morgan fingerprint density at radius 3 is 2.33 bits per heavy atom. The molecule has 1 aliphatic rings. The zero-order valence-electron chi connectivity index (χ0n) is 17.6. The van der Waals surface area contributed by atoms with E-state index in [1.165, 1.54) is 0 Å². The molecule has 0 aliphatic carbocycles. The number of carbonyl (C=O) groups is 2. The molecule has 0 bridgehead atoms. The molecule has 7 heteroatoms. The fraction of sp³-hybridized carbons (Fsp3) is 0.391. The Kier molecular flexibility index (Phi) is 8.92. The predicted octanol–water partition coefficient (Wildman–Crippen LogP) is 4.17. The van der Waals surface area contributed by atoms with E-state index >= 15 is 0 Å². The van der Waals surface area contributed by atoms with Crippen molar-refractivity contribution in [2.45, 2.75) is 33.3 Å². The Hall–Kier alpha value is -2.80. The second kappa shape index (κ2) is 11.4. The highest BCUT2D eigenvalue weighted by Gasteiger charge is 2.28. The molecular formula is C23H28F2N2O3. The van der Waals surface area contributed by atoms with Gasteiger partial charge in [-0.05, 0) is 50.7 Å². The van der Waals surface area contributed by atoms with Crippen LogP contribution in [-0.4, -0.2) is 36.9 Å². The lowest BCUT2D eigenvalue weighted by Gasteiger charge is -2.27. The highest BCUT2D eigenvalue weighted by atomic mass is 19.1. The molecule has 2 aromatic rings. The van der Waals surface area contributed by atoms with Crippen LogP contribution < -0.4 is 10.1 Å². The summed E-state index contributed by atoms with van der Waals surface area (Å²) in [6.07, 6.45) is 1.20. The van der Waals surface area contributed by atoms with Crippen molar-refractivity contribution in [3.05, 3.63) is 65.2 Å². The minimum absolute atomic E-state index is 0.0684. The van der Waals surface area contributed by atoms with Crippen molar-refractivity contribution in [1.82, 2.24) is 10.2 Å². The molecular weight excluding hydrogens is 390 g/mol. The van der Waals surface area contributed by atoms with E-state index in [0.717, 1.165) is 30.8 Å². The average Bonchev–Trinajstić information content (AvgIpc) is 2.76. The minimum atomic E-state index is -1.12. The quantitative estimate of drug-likeness (QED) is 0.741. The summed E-state index contributed by atoms with van der Waals surface area (Å²) >= 11 is 0. The number of hydrogen-bond donors (Lipinski definition) is 1. The first-order chi connectivity index (χ1) is 14.5. The van der Waals surface area contributed by atoms with Gasteiger partial charge in [-0.1, -0.05) is 44.2 Å². The number of hydrogen-bond acceptors (Lipinski definition) is 4. The molecule has 30 heavy (non-hydrogen) atoms. The van der Waals surface area contributed by atoms with Gasteiger partial charge in [0.05, 0.1) is 0 Å². The number of amides is 2. The van der Waals surface area contributed by atoms with Crippen molar-refractivity contribution in [3.63, 3.8) is 0 Å². The van der Waals surface area contributed by atoms with Crippen LogP contribution in [0.2, 0.25) is 0 Å². The van der Waals surface area contributed by atoms with Gasteiger partial charge in [-0.3, -0.25) is 14.9 Å². The molecule has 0 saturated carbocycles. The topological polar surface area (TPSA) is 58.6 Å². The Morgan fingerprint density at radius 2 is 1.70 bits per heavy atom. The molecule has 2 aromatic carbocycles. The largest absolute Gasteiger partial charge is 0.486 e. The third-order valence-electron chi connectivity index (χ3n) is 4.85. The Morgan fingerprint density at radius 1 is 1.07 bits per heavy atom. The van der Waals surface area contributed by atoms with E-state index in [1.54, 1.807) is 12.1 Å². The van der Waals surface area contributed by atoms with Gasteiger partial charge in [-0.25, -0.2) is 8.78 Å². The molecule has 2 amide bonds. The standard InChI is InChI=1S/C21H22F2N2O3.C2H6/c1-25-11-9-15(10-12-25)20(26)24-21(27)18-16(22)7-8-17(19(18)23)28-13-14-5-3-2-4-6-14;1-2/h2-8,15H,9-13H2,1H3,(H,24,26,27);1-2H3. The summed E-state index contributed by atoms with van der Waals surface area (Å²) in [5.41, 5.74) is -0.0125. The van der Waals surface area contributed by atoms with Gasteiger partial charge in [0.2, 0.25) is 5.91 Å². The first-order valence-electron chi connectivity index (χ1n) is 10.1. The van der Waals surface area contributed by atoms with E-state index in [2.05, 4.69) is 10.2 Å². The number of rotatable bonds is 5. The van der Waals surface area contributed by atoms with E-state index in [-0.39, 0.29) is 18.3 Å². The van der Waals surface area contributed by atoms with Crippen molar-refractivity contribution < 1.29 is 23.1 Å². The van der Waals surface area contributed by atoms with Gasteiger partial charge in [0.1, 0.15) is 18.0 Å². The molecule has 3 rings (SSSR count). The van der Waals surface area contributed by atoms with Gasteiger partial charge in [0.25, 0.3) is 5.91 Å². The first-order valence-corrected chi connectivity index (χ1v) is 10.1. The van der Waals surface area contributed by atoms with Crippen molar-refractivity contribution in [2.24, 2.45) is 5.92 Å². The molecule has 0 aromatic heterocycles. The molecule has 1 aliphatic heterocycles. The number of halogens is 2. The van der Waals surface area contributed by atoms with E-state index in [1.807, 2.05) is 39.1 Å². The molecule has 5 nitrogen and oxygen atoms in total. The van der Waals surface area contributed by atoms with Gasteiger partial charge in [0, 0.05) is 5.92 Å². The van der Waals surface area contributed by atoms with Gasteiger partial charge < -0.3 is 9.64 Å². The smallest absolute Gasteiger partial charge is 0.263 e. The lowest BCUT2D eigenvalue weighted by molar-refractivity contribution is -0.125. The zero-order valence-corrected chi connectivity index (χ0v) is 17.6. The number of benzene rings is 2. The summed E-state index contributed by atoms with van der Waals surface area (Å²) in [5.74, 6) is -4.36. The highest BCUT2D eigenvalue weighted by Crippen LogP contribution is 2.25. The van der Waals surface area contributed by atoms with E-state index in [4.69, 9.17) is 4.74 Å². The molecule has 1 heterocycles. The van der Waals surface area contributed by atoms with Gasteiger partial charge >= 0.3 is 0 Å². The van der Waals surface area contributed by atoms with E-state index in [0.29, 0.717) is 12.8 Å². The zero-order chi connectivity index (χ0) is 22.1. The van der Waals surface area contributed by atoms with E-state index in [9.17, 15) is 18.4 Å². The Balaban J connectivity index is 0.00000155. The van der Waals surface area contributed by atoms with Crippen LogP contribution in [0.5, 0.6) is 5.75 Å². The second-order valence-electron chi connectivity index (χ2n) is 6.90. The van der Waals surface area contributed by atoms with E-state index < -0.39 is 29.0 Å². The maximum absolute atomic E-state index is 14.7. The van der Waals surface area contributed by atoms with Crippen LogP contribution in [0.1, 0.15) is 42.6 Å². The Labute approximate surface area is 176 Å². The molecule has 1 saturated heterocycles. The lowest BCUT2D eigenvalue weighted by Crippen LogP contribution is -2.41. The first kappa shape index (κ1) is 23.5. The van der Waals surface area contributed by atoms with Crippen molar-refractivity contribution in [2.75, 3.05) is 20.1 Å². The van der Waals surface area contributed by atoms with Crippen LogP contribution in [0.25, 0.3) is 0 Å². The van der Waals surface area contributed by atoms with Crippen LogP contribution in [0.15, 0.2) is 42.5 Å². The third kappa shape index (κ3) is 6.10. The van der Waals surface area contributed by atoms with Gasteiger partial charge in [0.15, 0.2) is 11.6 Å². The maximum atomic E-state index is 14.7. The van der Waals surface area contributed by atoms with Crippen LogP contribution in [-0.2, 0) is 11.4 Å². The highest BCUT2D eigenvalue weighted by molar-refractivity contribution is 6.05. The number of imide groups is 1. The molecule has 1 N–H and O–H groups in total. The molecule has 0 radical (unpaired) electrons. The van der Waals surface area contributed by atoms with Crippen LogP contribution in [0, 0.1) is 17.6 Å². The summed E-state index contributed by atoms with van der Waals surface area (Å²) in [6.45, 7) is 5.54. The third-order valence-corrected chi connectivity index (χ3v) is 4.85.